The average Bonchev–Trinajstić information content (AvgIpc) is 3.30. The third-order valence-electron chi connectivity index (χ3n) is 6.19. The number of ether oxygens (including phenoxy) is 1. The number of Topliss-reactive ketones (excluding diaryl/α,β-unsaturated/α-hetero) is 1. The lowest BCUT2D eigenvalue weighted by atomic mass is 9.99. The second-order valence-corrected chi connectivity index (χ2v) is 9.80. The van der Waals surface area contributed by atoms with Crippen LogP contribution in [0.3, 0.4) is 0 Å². The molecule has 0 saturated carbocycles. The zero-order valence-electron chi connectivity index (χ0n) is 22.2. The highest BCUT2D eigenvalue weighted by atomic mass is 16.5. The van der Waals surface area contributed by atoms with Crippen molar-refractivity contribution in [1.82, 2.24) is 15.1 Å². The first-order chi connectivity index (χ1) is 18.9. The van der Waals surface area contributed by atoms with Crippen molar-refractivity contribution in [2.45, 2.75) is 52.3 Å². The topological polar surface area (TPSA) is 103 Å². The number of hydrogen-bond donors (Lipinski definition) is 1. The van der Waals surface area contributed by atoms with Crippen molar-refractivity contribution in [2.24, 2.45) is 5.92 Å². The lowest BCUT2D eigenvalue weighted by Gasteiger charge is -2.20. The van der Waals surface area contributed by atoms with E-state index in [2.05, 4.69) is 10.4 Å². The molecule has 1 heterocycles. The fraction of sp³-hybridized carbons (Fsp3) is 0.290. The van der Waals surface area contributed by atoms with Gasteiger partial charge in [0.2, 0.25) is 5.89 Å². The number of benzene rings is 3. The molecule has 4 rings (SSSR count). The third-order valence-corrected chi connectivity index (χ3v) is 6.19. The van der Waals surface area contributed by atoms with E-state index >= 15 is 0 Å². The maximum atomic E-state index is 13.3. The SMILES string of the molecule is CC(C)C[C@H](NC(=O)c1ccccc1OCc1ccccc1)C(=O)Cn1nc(CCc2ccccc2)oc1=O. The molecule has 1 N–H and O–H groups in total. The number of nitrogens with one attached hydrogen (secondary N) is 1. The molecule has 0 bridgehead atoms. The smallest absolute Gasteiger partial charge is 0.437 e. The number of nitrogens with zero attached hydrogens (tertiary/aromatic N) is 2. The van der Waals surface area contributed by atoms with E-state index in [4.69, 9.17) is 9.15 Å². The molecule has 0 unspecified atom stereocenters. The van der Waals surface area contributed by atoms with E-state index in [9.17, 15) is 14.4 Å². The summed E-state index contributed by atoms with van der Waals surface area (Å²) < 4.78 is 12.2. The van der Waals surface area contributed by atoms with Gasteiger partial charge in [0.05, 0.1) is 11.6 Å². The van der Waals surface area contributed by atoms with Crippen LogP contribution in [0.5, 0.6) is 5.75 Å². The summed E-state index contributed by atoms with van der Waals surface area (Å²) in [5.41, 5.74) is 2.40. The Morgan fingerprint density at radius 2 is 1.54 bits per heavy atom. The van der Waals surface area contributed by atoms with E-state index in [1.807, 2.05) is 74.5 Å². The van der Waals surface area contributed by atoms with Crippen molar-refractivity contribution in [3.8, 4) is 5.75 Å². The van der Waals surface area contributed by atoms with Crippen LogP contribution in [-0.4, -0.2) is 27.5 Å². The van der Waals surface area contributed by atoms with Crippen molar-refractivity contribution >= 4 is 11.7 Å². The Morgan fingerprint density at radius 3 is 2.23 bits per heavy atom. The van der Waals surface area contributed by atoms with Gasteiger partial charge in [0.1, 0.15) is 18.9 Å². The summed E-state index contributed by atoms with van der Waals surface area (Å²) in [6, 6.07) is 25.6. The molecule has 39 heavy (non-hydrogen) atoms. The van der Waals surface area contributed by atoms with Gasteiger partial charge in [-0.05, 0) is 42.0 Å². The van der Waals surface area contributed by atoms with Crippen LogP contribution in [0.1, 0.15) is 47.6 Å². The summed E-state index contributed by atoms with van der Waals surface area (Å²) in [5, 5.41) is 7.07. The molecular weight excluding hydrogens is 494 g/mol. The zero-order chi connectivity index (χ0) is 27.6. The molecule has 3 aromatic carbocycles. The molecule has 202 valence electrons. The van der Waals surface area contributed by atoms with Gasteiger partial charge in [0.25, 0.3) is 5.91 Å². The number of rotatable bonds is 13. The molecule has 0 radical (unpaired) electrons. The van der Waals surface area contributed by atoms with Gasteiger partial charge in [-0.3, -0.25) is 9.59 Å². The van der Waals surface area contributed by atoms with E-state index in [0.29, 0.717) is 37.2 Å². The van der Waals surface area contributed by atoms with Crippen LogP contribution < -0.4 is 15.8 Å². The maximum Gasteiger partial charge on any atom is 0.437 e. The van der Waals surface area contributed by atoms with Crippen LogP contribution in [0.15, 0.2) is 94.1 Å². The van der Waals surface area contributed by atoms with E-state index < -0.39 is 17.7 Å². The van der Waals surface area contributed by atoms with Gasteiger partial charge in [0, 0.05) is 6.42 Å². The van der Waals surface area contributed by atoms with Crippen molar-refractivity contribution in [2.75, 3.05) is 0 Å². The molecule has 0 spiro atoms. The number of amides is 1. The van der Waals surface area contributed by atoms with Gasteiger partial charge in [-0.1, -0.05) is 86.6 Å². The average molecular weight is 528 g/mol. The summed E-state index contributed by atoms with van der Waals surface area (Å²) in [5.74, 6) is -0.630. The molecule has 1 aromatic heterocycles. The van der Waals surface area contributed by atoms with E-state index in [1.165, 1.54) is 0 Å². The number of aryl methyl sites for hydroxylation is 2. The Morgan fingerprint density at radius 1 is 0.897 bits per heavy atom. The quantitative estimate of drug-likeness (QED) is 0.272. The van der Waals surface area contributed by atoms with Gasteiger partial charge in [-0.2, -0.15) is 4.68 Å². The molecular formula is C31H33N3O5. The van der Waals surface area contributed by atoms with Crippen LogP contribution in [-0.2, 0) is 30.8 Å². The van der Waals surface area contributed by atoms with Crippen LogP contribution in [0.4, 0.5) is 0 Å². The Hall–Kier alpha value is -4.46. The number of hydrogen-bond acceptors (Lipinski definition) is 6. The molecule has 0 aliphatic carbocycles. The molecule has 0 saturated heterocycles. The molecule has 0 aliphatic heterocycles. The lowest BCUT2D eigenvalue weighted by Crippen LogP contribution is -2.44. The monoisotopic (exact) mass is 527 g/mol. The summed E-state index contributed by atoms with van der Waals surface area (Å²) in [4.78, 5) is 38.9. The molecule has 8 nitrogen and oxygen atoms in total. The first-order valence-electron chi connectivity index (χ1n) is 13.1. The predicted octanol–water partition coefficient (Wildman–Crippen LogP) is 4.61. The van der Waals surface area contributed by atoms with Crippen molar-refractivity contribution in [3.05, 3.63) is 118 Å². The number of aromatic nitrogens is 2. The Balaban J connectivity index is 1.42. The molecule has 8 heteroatoms. The fourth-order valence-corrected chi connectivity index (χ4v) is 4.20. The third kappa shape index (κ3) is 8.01. The largest absolute Gasteiger partial charge is 0.488 e. The normalized spacial score (nSPS) is 11.8. The highest BCUT2D eigenvalue weighted by molar-refractivity contribution is 5.99. The summed E-state index contributed by atoms with van der Waals surface area (Å²) in [6.45, 7) is 3.94. The first kappa shape index (κ1) is 27.6. The Bertz CT molecular complexity index is 1430. The van der Waals surface area contributed by atoms with E-state index in [-0.39, 0.29) is 24.1 Å². The lowest BCUT2D eigenvalue weighted by molar-refractivity contribution is -0.122. The second-order valence-electron chi connectivity index (χ2n) is 9.80. The summed E-state index contributed by atoms with van der Waals surface area (Å²) in [6.07, 6.45) is 1.50. The Kier molecular flexibility index (Phi) is 9.45. The number of ketones is 1. The van der Waals surface area contributed by atoms with Gasteiger partial charge in [0.15, 0.2) is 5.78 Å². The minimum atomic E-state index is -0.809. The fourth-order valence-electron chi connectivity index (χ4n) is 4.20. The van der Waals surface area contributed by atoms with Gasteiger partial charge in [-0.25, -0.2) is 4.79 Å². The van der Waals surface area contributed by atoms with Crippen LogP contribution in [0.25, 0.3) is 0 Å². The van der Waals surface area contributed by atoms with E-state index in [0.717, 1.165) is 15.8 Å². The van der Waals surface area contributed by atoms with Gasteiger partial charge < -0.3 is 14.5 Å². The molecule has 1 amide bonds. The summed E-state index contributed by atoms with van der Waals surface area (Å²) in [7, 11) is 0. The van der Waals surface area contributed by atoms with Crippen LogP contribution in [0.2, 0.25) is 0 Å². The molecule has 1 atom stereocenters. The number of para-hydroxylation sites is 1. The minimum absolute atomic E-state index is 0.124. The van der Waals surface area contributed by atoms with Crippen LogP contribution >= 0.6 is 0 Å². The van der Waals surface area contributed by atoms with Crippen molar-refractivity contribution in [1.29, 1.82) is 0 Å². The van der Waals surface area contributed by atoms with Gasteiger partial charge >= 0.3 is 5.76 Å². The van der Waals surface area contributed by atoms with Gasteiger partial charge in [-0.15, -0.1) is 5.10 Å². The number of carbonyl (C=O) groups excluding carboxylic acids is 2. The standard InChI is InChI=1S/C31H33N3O5/c1-22(2)19-26(27(35)20-34-31(37)39-29(33-34)18-17-23-11-5-3-6-12-23)32-30(36)25-15-9-10-16-28(25)38-21-24-13-7-4-8-14-24/h3-16,22,26H,17-21H2,1-2H3,(H,32,36)/t26-/m0/s1. The maximum absolute atomic E-state index is 13.3. The predicted molar refractivity (Wildman–Crippen MR) is 148 cm³/mol. The molecule has 0 aliphatic rings. The summed E-state index contributed by atoms with van der Waals surface area (Å²) >= 11 is 0. The molecule has 4 aromatic rings. The van der Waals surface area contributed by atoms with Crippen molar-refractivity contribution in [3.63, 3.8) is 0 Å². The highest BCUT2D eigenvalue weighted by Crippen LogP contribution is 2.20. The minimum Gasteiger partial charge on any atom is -0.488 e. The zero-order valence-corrected chi connectivity index (χ0v) is 22.2. The highest BCUT2D eigenvalue weighted by Gasteiger charge is 2.25. The molecule has 0 fully saturated rings. The first-order valence-corrected chi connectivity index (χ1v) is 13.1. The van der Waals surface area contributed by atoms with E-state index in [1.54, 1.807) is 24.3 Å². The second kappa shape index (κ2) is 13.4. The van der Waals surface area contributed by atoms with Crippen LogP contribution in [0, 0.1) is 5.92 Å². The Labute approximate surface area is 227 Å². The van der Waals surface area contributed by atoms with Crippen molar-refractivity contribution < 1.29 is 18.7 Å². The number of carbonyl (C=O) groups is 2.